The van der Waals surface area contributed by atoms with Gasteiger partial charge in [0.1, 0.15) is 0 Å². The van der Waals surface area contributed by atoms with E-state index in [2.05, 4.69) is 95.4 Å². The van der Waals surface area contributed by atoms with Gasteiger partial charge < -0.3 is 8.23 Å². The highest BCUT2D eigenvalue weighted by atomic mass is 28.5. The average Bonchev–Trinajstić information content (AvgIpc) is 2.41. The molecular formula is C18H32O2Si4. The molecule has 0 saturated carbocycles. The second kappa shape index (κ2) is 6.33. The standard InChI is InChI=1S/C18H32O2Si4/c1-16-21(2,3)19-23(6,7)18(15-17-13-11-10-12-14-17)24(8,9)20-22(16,4)5/h10-15H,1H2,2-9H3. The zero-order valence-electron chi connectivity index (χ0n) is 16.5. The van der Waals surface area contributed by atoms with Crippen LogP contribution in [-0.4, -0.2) is 33.3 Å². The first-order valence-electron chi connectivity index (χ1n) is 8.66. The van der Waals surface area contributed by atoms with Crippen LogP contribution in [0.15, 0.2) is 46.6 Å². The van der Waals surface area contributed by atoms with Gasteiger partial charge in [0.2, 0.25) is 0 Å². The lowest BCUT2D eigenvalue weighted by molar-refractivity contribution is 0.531. The van der Waals surface area contributed by atoms with Gasteiger partial charge in [-0.1, -0.05) is 36.4 Å². The van der Waals surface area contributed by atoms with Crippen LogP contribution in [0.3, 0.4) is 0 Å². The van der Waals surface area contributed by atoms with Gasteiger partial charge in [-0.25, -0.2) is 0 Å². The molecule has 24 heavy (non-hydrogen) atoms. The van der Waals surface area contributed by atoms with Gasteiger partial charge in [-0.05, 0) is 67.6 Å². The molecule has 1 aliphatic rings. The predicted octanol–water partition coefficient (Wildman–Crippen LogP) is 5.65. The molecule has 6 heteroatoms. The molecule has 0 bridgehead atoms. The summed E-state index contributed by atoms with van der Waals surface area (Å²) >= 11 is 0. The third kappa shape index (κ3) is 4.00. The summed E-state index contributed by atoms with van der Waals surface area (Å²) in [7, 11) is -8.05. The molecule has 1 aromatic carbocycles. The second-order valence-electron chi connectivity index (χ2n) is 8.69. The Morgan fingerprint density at radius 3 is 1.54 bits per heavy atom. The average molecular weight is 393 g/mol. The highest BCUT2D eigenvalue weighted by Gasteiger charge is 2.52. The maximum Gasteiger partial charge on any atom is 0.200 e. The monoisotopic (exact) mass is 392 g/mol. The Labute approximate surface area is 152 Å². The summed E-state index contributed by atoms with van der Waals surface area (Å²) in [5, 5.41) is 0. The summed E-state index contributed by atoms with van der Waals surface area (Å²) in [5.74, 6) is 0. The Balaban J connectivity index is 2.63. The molecule has 0 amide bonds. The lowest BCUT2D eigenvalue weighted by Gasteiger charge is -2.49. The van der Waals surface area contributed by atoms with Crippen LogP contribution in [0, 0.1) is 0 Å². The Bertz CT molecular complexity index is 627. The molecular weight excluding hydrogens is 361 g/mol. The molecule has 1 aliphatic heterocycles. The summed E-state index contributed by atoms with van der Waals surface area (Å²) in [5.41, 5.74) is 1.25. The van der Waals surface area contributed by atoms with Gasteiger partial charge in [0.05, 0.1) is 0 Å². The van der Waals surface area contributed by atoms with Gasteiger partial charge in [-0.15, -0.1) is 6.58 Å². The summed E-state index contributed by atoms with van der Waals surface area (Å²) in [6, 6.07) is 10.6. The quantitative estimate of drug-likeness (QED) is 0.575. The summed E-state index contributed by atoms with van der Waals surface area (Å²) in [6.45, 7) is 23.0. The Morgan fingerprint density at radius 1 is 0.708 bits per heavy atom. The maximum absolute atomic E-state index is 6.93. The zero-order chi connectivity index (χ0) is 18.4. The van der Waals surface area contributed by atoms with Crippen LogP contribution in [0.2, 0.25) is 52.4 Å². The molecule has 0 spiro atoms. The molecule has 1 saturated heterocycles. The van der Waals surface area contributed by atoms with E-state index in [9.17, 15) is 0 Å². The van der Waals surface area contributed by atoms with E-state index < -0.39 is 33.3 Å². The first-order chi connectivity index (χ1) is 10.8. The smallest absolute Gasteiger partial charge is 0.200 e. The van der Waals surface area contributed by atoms with Gasteiger partial charge in [0.15, 0.2) is 33.3 Å². The molecule has 1 aromatic rings. The minimum atomic E-state index is -2.04. The molecule has 0 N–H and O–H groups in total. The maximum atomic E-state index is 6.93. The summed E-state index contributed by atoms with van der Waals surface area (Å²) < 4.78 is 13.9. The predicted molar refractivity (Wildman–Crippen MR) is 116 cm³/mol. The SMILES string of the molecule is C=C1[Si](C)(C)O[Si](C)(C)C(=Cc2ccccc2)[Si](C)(C)O[Si]1(C)C. The van der Waals surface area contributed by atoms with Gasteiger partial charge >= 0.3 is 0 Å². The van der Waals surface area contributed by atoms with Gasteiger partial charge in [-0.2, -0.15) is 0 Å². The van der Waals surface area contributed by atoms with E-state index in [1.54, 1.807) is 0 Å². The normalized spacial score (nSPS) is 24.8. The molecule has 132 valence electrons. The summed E-state index contributed by atoms with van der Waals surface area (Å²) in [6.07, 6.45) is 2.36. The number of rotatable bonds is 1. The number of hydrogen-bond acceptors (Lipinski definition) is 2. The Morgan fingerprint density at radius 2 is 1.12 bits per heavy atom. The van der Waals surface area contributed by atoms with Crippen LogP contribution >= 0.6 is 0 Å². The molecule has 0 unspecified atom stereocenters. The zero-order valence-corrected chi connectivity index (χ0v) is 20.5. The molecule has 1 heterocycles. The third-order valence-electron chi connectivity index (χ3n) is 4.88. The van der Waals surface area contributed by atoms with Crippen molar-refractivity contribution in [3.63, 3.8) is 0 Å². The first-order valence-corrected chi connectivity index (χ1v) is 20.3. The topological polar surface area (TPSA) is 18.5 Å². The van der Waals surface area contributed by atoms with Crippen molar-refractivity contribution in [1.29, 1.82) is 0 Å². The van der Waals surface area contributed by atoms with Crippen molar-refractivity contribution < 1.29 is 8.23 Å². The van der Waals surface area contributed by atoms with Crippen molar-refractivity contribution in [2.75, 3.05) is 0 Å². The van der Waals surface area contributed by atoms with E-state index in [-0.39, 0.29) is 0 Å². The molecule has 1 fully saturated rings. The van der Waals surface area contributed by atoms with Gasteiger partial charge in [0, 0.05) is 0 Å². The first kappa shape index (κ1) is 19.8. The lowest BCUT2D eigenvalue weighted by Crippen LogP contribution is -2.63. The van der Waals surface area contributed by atoms with Crippen LogP contribution < -0.4 is 0 Å². The number of hydrogen-bond donors (Lipinski definition) is 0. The minimum absolute atomic E-state index is 1.25. The van der Waals surface area contributed by atoms with Crippen LogP contribution in [0.25, 0.3) is 6.08 Å². The largest absolute Gasteiger partial charge is 0.449 e. The van der Waals surface area contributed by atoms with E-state index in [1.165, 1.54) is 15.2 Å². The van der Waals surface area contributed by atoms with Crippen LogP contribution in [0.5, 0.6) is 0 Å². The lowest BCUT2D eigenvalue weighted by atomic mass is 10.2. The van der Waals surface area contributed by atoms with Crippen LogP contribution in [0.1, 0.15) is 5.56 Å². The fraction of sp³-hybridized carbons (Fsp3) is 0.444. The molecule has 2 nitrogen and oxygen atoms in total. The number of benzene rings is 1. The van der Waals surface area contributed by atoms with E-state index in [0.29, 0.717) is 0 Å². The molecule has 2 rings (SSSR count). The van der Waals surface area contributed by atoms with E-state index in [4.69, 9.17) is 8.23 Å². The van der Waals surface area contributed by atoms with Crippen molar-refractivity contribution in [2.24, 2.45) is 0 Å². The molecule has 0 atom stereocenters. The summed E-state index contributed by atoms with van der Waals surface area (Å²) in [4.78, 5) is 2.77. The van der Waals surface area contributed by atoms with E-state index >= 15 is 0 Å². The van der Waals surface area contributed by atoms with Crippen LogP contribution in [0.4, 0.5) is 0 Å². The Hall–Kier alpha value is -0.512. The van der Waals surface area contributed by atoms with Crippen molar-refractivity contribution in [3.05, 3.63) is 52.1 Å². The molecule has 0 aliphatic carbocycles. The van der Waals surface area contributed by atoms with Crippen molar-refractivity contribution in [3.8, 4) is 0 Å². The van der Waals surface area contributed by atoms with Crippen LogP contribution in [-0.2, 0) is 8.23 Å². The van der Waals surface area contributed by atoms with Gasteiger partial charge in [0.25, 0.3) is 0 Å². The van der Waals surface area contributed by atoms with Crippen molar-refractivity contribution >= 4 is 39.3 Å². The Kier molecular flexibility index (Phi) is 5.23. The third-order valence-corrected chi connectivity index (χ3v) is 26.1. The van der Waals surface area contributed by atoms with Gasteiger partial charge in [-0.3, -0.25) is 0 Å². The van der Waals surface area contributed by atoms with Crippen molar-refractivity contribution in [2.45, 2.75) is 52.4 Å². The van der Waals surface area contributed by atoms with E-state index in [0.717, 1.165) is 0 Å². The fourth-order valence-electron chi connectivity index (χ4n) is 4.02. The second-order valence-corrected chi connectivity index (χ2v) is 25.7. The highest BCUT2D eigenvalue weighted by Crippen LogP contribution is 2.40. The van der Waals surface area contributed by atoms with E-state index in [1.807, 2.05) is 0 Å². The fourth-order valence-corrected chi connectivity index (χ4v) is 30.6. The van der Waals surface area contributed by atoms with Crippen molar-refractivity contribution in [1.82, 2.24) is 0 Å². The molecule has 0 radical (unpaired) electrons. The highest BCUT2D eigenvalue weighted by molar-refractivity contribution is 7.13. The molecule has 0 aromatic heterocycles. The minimum Gasteiger partial charge on any atom is -0.449 e.